The van der Waals surface area contributed by atoms with Crippen LogP contribution < -0.4 is 11.1 Å². The SMILES string of the molecule is CC(C)(C)CC(CN)C(=O)Nc1ccc(Cl)cc1I. The summed E-state index contributed by atoms with van der Waals surface area (Å²) < 4.78 is 0.921. The van der Waals surface area contributed by atoms with Gasteiger partial charge in [-0.2, -0.15) is 0 Å². The van der Waals surface area contributed by atoms with E-state index in [4.69, 9.17) is 17.3 Å². The van der Waals surface area contributed by atoms with Crippen LogP contribution in [0.1, 0.15) is 27.2 Å². The van der Waals surface area contributed by atoms with Gasteiger partial charge in [-0.3, -0.25) is 4.79 Å². The van der Waals surface area contributed by atoms with Crippen LogP contribution in [-0.4, -0.2) is 12.5 Å². The molecule has 0 aromatic heterocycles. The van der Waals surface area contributed by atoms with Crippen LogP contribution >= 0.6 is 34.2 Å². The van der Waals surface area contributed by atoms with E-state index in [0.29, 0.717) is 11.6 Å². The van der Waals surface area contributed by atoms with Crippen LogP contribution in [0.15, 0.2) is 18.2 Å². The van der Waals surface area contributed by atoms with Crippen molar-refractivity contribution >= 4 is 45.8 Å². The Labute approximate surface area is 133 Å². The topological polar surface area (TPSA) is 55.1 Å². The second kappa shape index (κ2) is 6.90. The molecule has 1 aromatic rings. The summed E-state index contributed by atoms with van der Waals surface area (Å²) in [6.45, 7) is 6.67. The summed E-state index contributed by atoms with van der Waals surface area (Å²) in [6.07, 6.45) is 0.763. The molecule has 0 saturated heterocycles. The minimum atomic E-state index is -0.175. The van der Waals surface area contributed by atoms with Gasteiger partial charge in [-0.1, -0.05) is 32.4 Å². The normalized spacial score (nSPS) is 13.2. The first-order chi connectivity index (χ1) is 8.73. The average molecular weight is 395 g/mol. The van der Waals surface area contributed by atoms with Gasteiger partial charge in [-0.15, -0.1) is 0 Å². The number of amides is 1. The van der Waals surface area contributed by atoms with Gasteiger partial charge in [0.1, 0.15) is 0 Å². The van der Waals surface area contributed by atoms with Gasteiger partial charge in [-0.25, -0.2) is 0 Å². The molecule has 0 bridgehead atoms. The highest BCUT2D eigenvalue weighted by Gasteiger charge is 2.24. The molecular formula is C14H20ClIN2O. The van der Waals surface area contributed by atoms with E-state index >= 15 is 0 Å². The summed E-state index contributed by atoms with van der Waals surface area (Å²) >= 11 is 8.05. The van der Waals surface area contributed by atoms with E-state index in [9.17, 15) is 4.79 Å². The highest BCUT2D eigenvalue weighted by Crippen LogP contribution is 2.26. The second-order valence-electron chi connectivity index (χ2n) is 5.81. The van der Waals surface area contributed by atoms with Crippen molar-refractivity contribution in [3.05, 3.63) is 26.8 Å². The molecule has 1 amide bonds. The van der Waals surface area contributed by atoms with Crippen molar-refractivity contribution < 1.29 is 4.79 Å². The maximum absolute atomic E-state index is 12.2. The summed E-state index contributed by atoms with van der Waals surface area (Å²) in [7, 11) is 0. The molecule has 0 spiro atoms. The van der Waals surface area contributed by atoms with E-state index < -0.39 is 0 Å². The minimum absolute atomic E-state index is 0.0299. The monoisotopic (exact) mass is 394 g/mol. The van der Waals surface area contributed by atoms with Gasteiger partial charge in [-0.05, 0) is 52.6 Å². The number of hydrogen-bond donors (Lipinski definition) is 2. The van der Waals surface area contributed by atoms with Crippen molar-refractivity contribution in [2.45, 2.75) is 27.2 Å². The van der Waals surface area contributed by atoms with Gasteiger partial charge in [0.05, 0.1) is 11.6 Å². The molecule has 106 valence electrons. The molecule has 19 heavy (non-hydrogen) atoms. The van der Waals surface area contributed by atoms with Gasteiger partial charge in [0.15, 0.2) is 0 Å². The molecule has 0 radical (unpaired) electrons. The van der Waals surface area contributed by atoms with Gasteiger partial charge in [0.2, 0.25) is 5.91 Å². The number of hydrogen-bond acceptors (Lipinski definition) is 2. The van der Waals surface area contributed by atoms with Crippen molar-refractivity contribution in [3.8, 4) is 0 Å². The van der Waals surface area contributed by atoms with Crippen LogP contribution in [0.25, 0.3) is 0 Å². The lowest BCUT2D eigenvalue weighted by Crippen LogP contribution is -2.32. The third-order valence-electron chi connectivity index (χ3n) is 2.70. The number of anilines is 1. The Balaban J connectivity index is 2.77. The molecular weight excluding hydrogens is 375 g/mol. The lowest BCUT2D eigenvalue weighted by Gasteiger charge is -2.24. The molecule has 0 heterocycles. The van der Waals surface area contributed by atoms with Crippen LogP contribution in [0.3, 0.4) is 0 Å². The van der Waals surface area contributed by atoms with Crippen molar-refractivity contribution in [1.82, 2.24) is 0 Å². The van der Waals surface area contributed by atoms with Crippen LogP contribution in [-0.2, 0) is 4.79 Å². The zero-order valence-corrected chi connectivity index (χ0v) is 14.4. The summed E-state index contributed by atoms with van der Waals surface area (Å²) in [4.78, 5) is 12.2. The molecule has 1 atom stereocenters. The molecule has 3 N–H and O–H groups in total. The number of benzene rings is 1. The lowest BCUT2D eigenvalue weighted by atomic mass is 9.84. The molecule has 0 saturated carbocycles. The van der Waals surface area contributed by atoms with Crippen LogP contribution in [0.4, 0.5) is 5.69 Å². The molecule has 0 aliphatic carbocycles. The molecule has 5 heteroatoms. The summed E-state index contributed by atoms with van der Waals surface area (Å²) in [6, 6.07) is 5.39. The predicted molar refractivity (Wildman–Crippen MR) is 89.4 cm³/mol. The van der Waals surface area contributed by atoms with E-state index in [1.165, 1.54) is 0 Å². The maximum atomic E-state index is 12.2. The molecule has 1 unspecified atom stereocenters. The Bertz CT molecular complexity index is 457. The van der Waals surface area contributed by atoms with E-state index in [2.05, 4.69) is 48.7 Å². The fourth-order valence-corrected chi connectivity index (χ4v) is 2.85. The summed E-state index contributed by atoms with van der Waals surface area (Å²) in [5, 5.41) is 3.59. The van der Waals surface area contributed by atoms with Crippen LogP contribution in [0.5, 0.6) is 0 Å². The fourth-order valence-electron chi connectivity index (χ4n) is 1.85. The van der Waals surface area contributed by atoms with Crippen molar-refractivity contribution in [2.24, 2.45) is 17.1 Å². The number of rotatable bonds is 4. The summed E-state index contributed by atoms with van der Waals surface area (Å²) in [5.41, 5.74) is 6.57. The maximum Gasteiger partial charge on any atom is 0.228 e. The smallest absolute Gasteiger partial charge is 0.228 e. The Hall–Kier alpha value is -0.330. The predicted octanol–water partition coefficient (Wildman–Crippen LogP) is 3.89. The van der Waals surface area contributed by atoms with Gasteiger partial charge < -0.3 is 11.1 Å². The van der Waals surface area contributed by atoms with Gasteiger partial charge in [0, 0.05) is 15.1 Å². The Morgan fingerprint density at radius 1 is 1.47 bits per heavy atom. The molecule has 0 fully saturated rings. The van der Waals surface area contributed by atoms with Crippen molar-refractivity contribution in [3.63, 3.8) is 0 Å². The number of halogens is 2. The first-order valence-corrected chi connectivity index (χ1v) is 7.64. The van der Waals surface area contributed by atoms with E-state index in [1.54, 1.807) is 6.07 Å². The Morgan fingerprint density at radius 3 is 2.58 bits per heavy atom. The lowest BCUT2D eigenvalue weighted by molar-refractivity contribution is -0.120. The molecule has 1 rings (SSSR count). The first kappa shape index (κ1) is 16.7. The summed E-state index contributed by atoms with van der Waals surface area (Å²) in [5.74, 6) is -0.204. The zero-order chi connectivity index (χ0) is 14.6. The highest BCUT2D eigenvalue weighted by molar-refractivity contribution is 14.1. The highest BCUT2D eigenvalue weighted by atomic mass is 127. The van der Waals surface area contributed by atoms with Crippen LogP contribution in [0.2, 0.25) is 5.02 Å². The number of nitrogens with one attached hydrogen (secondary N) is 1. The van der Waals surface area contributed by atoms with Crippen molar-refractivity contribution in [1.29, 1.82) is 0 Å². The molecule has 0 aliphatic heterocycles. The minimum Gasteiger partial charge on any atom is -0.330 e. The van der Waals surface area contributed by atoms with E-state index in [-0.39, 0.29) is 17.2 Å². The first-order valence-electron chi connectivity index (χ1n) is 6.19. The van der Waals surface area contributed by atoms with Crippen LogP contribution in [0, 0.1) is 14.9 Å². The van der Waals surface area contributed by atoms with E-state index in [0.717, 1.165) is 15.7 Å². The number of nitrogens with two attached hydrogens (primary N) is 1. The quantitative estimate of drug-likeness (QED) is 0.761. The van der Waals surface area contributed by atoms with E-state index in [1.807, 2.05) is 12.1 Å². The largest absolute Gasteiger partial charge is 0.330 e. The fraction of sp³-hybridized carbons (Fsp3) is 0.500. The third-order valence-corrected chi connectivity index (χ3v) is 3.83. The number of carbonyl (C=O) groups is 1. The van der Waals surface area contributed by atoms with Gasteiger partial charge >= 0.3 is 0 Å². The average Bonchev–Trinajstić information content (AvgIpc) is 2.28. The Morgan fingerprint density at radius 2 is 2.11 bits per heavy atom. The standard InChI is InChI=1S/C14H20ClIN2O/c1-14(2,3)7-9(8-17)13(19)18-12-5-4-10(15)6-11(12)16/h4-6,9H,7-8,17H2,1-3H3,(H,18,19). The Kier molecular flexibility index (Phi) is 6.08. The third kappa shape index (κ3) is 5.67. The number of carbonyl (C=O) groups excluding carboxylic acids is 1. The van der Waals surface area contributed by atoms with Crippen molar-refractivity contribution in [2.75, 3.05) is 11.9 Å². The zero-order valence-electron chi connectivity index (χ0n) is 11.5. The second-order valence-corrected chi connectivity index (χ2v) is 7.41. The van der Waals surface area contributed by atoms with Gasteiger partial charge in [0.25, 0.3) is 0 Å². The molecule has 1 aromatic carbocycles. The molecule has 3 nitrogen and oxygen atoms in total. The molecule has 0 aliphatic rings.